The summed E-state index contributed by atoms with van der Waals surface area (Å²) in [7, 11) is 2.14. The van der Waals surface area contributed by atoms with Gasteiger partial charge in [0.2, 0.25) is 11.8 Å². The van der Waals surface area contributed by atoms with Gasteiger partial charge < -0.3 is 26.0 Å². The van der Waals surface area contributed by atoms with E-state index in [1.54, 1.807) is 24.3 Å². The van der Waals surface area contributed by atoms with E-state index in [1.807, 2.05) is 19.1 Å². The highest BCUT2D eigenvalue weighted by Crippen LogP contribution is 2.29. The molecule has 0 bridgehead atoms. The van der Waals surface area contributed by atoms with Crippen molar-refractivity contribution in [3.8, 4) is 11.6 Å². The van der Waals surface area contributed by atoms with E-state index in [4.69, 9.17) is 10.5 Å². The molecule has 4 rings (SSSR count). The quantitative estimate of drug-likeness (QED) is 0.350. The number of nitrogens with one attached hydrogen (secondary N) is 2. The highest BCUT2D eigenvalue weighted by Gasteiger charge is 2.19. The van der Waals surface area contributed by atoms with Crippen molar-refractivity contribution in [2.45, 2.75) is 19.9 Å². The number of piperazine rings is 1. The molecule has 0 atom stereocenters. The molecular weight excluding hydrogens is 482 g/mol. The fourth-order valence-corrected chi connectivity index (χ4v) is 4.06. The van der Waals surface area contributed by atoms with Gasteiger partial charge in [0.25, 0.3) is 5.91 Å². The molecule has 3 aromatic rings. The Kier molecular flexibility index (Phi) is 8.67. The van der Waals surface area contributed by atoms with Crippen molar-refractivity contribution in [3.63, 3.8) is 0 Å². The Hall–Kier alpha value is -4.28. The van der Waals surface area contributed by atoms with Gasteiger partial charge in [-0.15, -0.1) is 0 Å². The molecule has 2 aromatic carbocycles. The molecule has 2 amide bonds. The third kappa shape index (κ3) is 6.93. The van der Waals surface area contributed by atoms with E-state index in [0.29, 0.717) is 23.6 Å². The predicted octanol–water partition coefficient (Wildman–Crippen LogP) is 3.55. The van der Waals surface area contributed by atoms with Gasteiger partial charge in [0.05, 0.1) is 0 Å². The second-order valence-corrected chi connectivity index (χ2v) is 9.12. The van der Waals surface area contributed by atoms with Gasteiger partial charge in [-0.1, -0.05) is 31.7 Å². The average Bonchev–Trinajstić information content (AvgIpc) is 2.91. The van der Waals surface area contributed by atoms with Gasteiger partial charge in [-0.05, 0) is 49.4 Å². The summed E-state index contributed by atoms with van der Waals surface area (Å²) in [5.74, 6) is -0.140. The first kappa shape index (κ1) is 26.8. The molecule has 2 heterocycles. The number of hydrogen-bond donors (Lipinski definition) is 3. The van der Waals surface area contributed by atoms with Gasteiger partial charge in [-0.2, -0.15) is 4.98 Å². The number of nitrogens with zero attached hydrogens (tertiary/aromatic N) is 4. The van der Waals surface area contributed by atoms with Gasteiger partial charge >= 0.3 is 0 Å². The number of benzene rings is 2. The fraction of sp³-hybridized carbons (Fsp3) is 0.286. The molecule has 1 aliphatic rings. The van der Waals surface area contributed by atoms with Crippen LogP contribution in [0.25, 0.3) is 0 Å². The van der Waals surface area contributed by atoms with Gasteiger partial charge in [0.15, 0.2) is 11.5 Å². The van der Waals surface area contributed by atoms with Gasteiger partial charge in [-0.25, -0.2) is 4.98 Å². The molecular formula is C28H33N7O3. The predicted molar refractivity (Wildman–Crippen MR) is 148 cm³/mol. The minimum absolute atomic E-state index is 0.0303. The van der Waals surface area contributed by atoms with Crippen LogP contribution in [0.2, 0.25) is 0 Å². The lowest BCUT2D eigenvalue weighted by atomic mass is 10.1. The Balaban J connectivity index is 1.54. The van der Waals surface area contributed by atoms with E-state index >= 15 is 0 Å². The molecule has 38 heavy (non-hydrogen) atoms. The molecule has 10 nitrogen and oxygen atoms in total. The molecule has 10 heteroatoms. The van der Waals surface area contributed by atoms with Crippen molar-refractivity contribution in [2.75, 3.05) is 43.9 Å². The third-order valence-electron chi connectivity index (χ3n) is 6.22. The number of likely N-dealkylation sites (N-methyl/N-ethyl adjacent to an activating group) is 1. The van der Waals surface area contributed by atoms with E-state index < -0.39 is 5.91 Å². The highest BCUT2D eigenvalue weighted by molar-refractivity contribution is 5.99. The Morgan fingerprint density at radius 1 is 1.08 bits per heavy atom. The zero-order valence-electron chi connectivity index (χ0n) is 21.7. The van der Waals surface area contributed by atoms with Gasteiger partial charge in [0, 0.05) is 50.2 Å². The molecule has 1 aliphatic heterocycles. The zero-order valence-corrected chi connectivity index (χ0v) is 21.7. The lowest BCUT2D eigenvalue weighted by Crippen LogP contribution is -2.43. The van der Waals surface area contributed by atoms with Gasteiger partial charge in [-0.3, -0.25) is 14.5 Å². The summed E-state index contributed by atoms with van der Waals surface area (Å²) in [5, 5.41) is 5.87. The second-order valence-electron chi connectivity index (χ2n) is 9.12. The maximum atomic E-state index is 12.2. The van der Waals surface area contributed by atoms with Gasteiger partial charge in [0.1, 0.15) is 11.4 Å². The van der Waals surface area contributed by atoms with Crippen LogP contribution < -0.4 is 21.1 Å². The number of aryl methyl sites for hydroxylation is 1. The molecule has 198 valence electrons. The van der Waals surface area contributed by atoms with E-state index in [-0.39, 0.29) is 23.3 Å². The van der Waals surface area contributed by atoms with Crippen LogP contribution in [-0.2, 0) is 17.8 Å². The van der Waals surface area contributed by atoms with Crippen molar-refractivity contribution >= 4 is 29.0 Å². The lowest BCUT2D eigenvalue weighted by Gasteiger charge is -2.32. The Labute approximate surface area is 222 Å². The monoisotopic (exact) mass is 515 g/mol. The van der Waals surface area contributed by atoms with Crippen molar-refractivity contribution in [2.24, 2.45) is 5.73 Å². The summed E-state index contributed by atoms with van der Waals surface area (Å²) in [6.07, 6.45) is 1.66. The minimum Gasteiger partial charge on any atom is -0.437 e. The first-order chi connectivity index (χ1) is 18.3. The van der Waals surface area contributed by atoms with Crippen LogP contribution in [0.5, 0.6) is 11.6 Å². The van der Waals surface area contributed by atoms with E-state index in [2.05, 4.69) is 56.2 Å². The minimum atomic E-state index is -0.693. The molecule has 4 N–H and O–H groups in total. The van der Waals surface area contributed by atoms with Crippen molar-refractivity contribution in [1.82, 2.24) is 19.8 Å². The number of ether oxygens (including phenoxy) is 1. The van der Waals surface area contributed by atoms with E-state index in [0.717, 1.165) is 38.4 Å². The summed E-state index contributed by atoms with van der Waals surface area (Å²) in [4.78, 5) is 37.7. The molecule has 0 spiro atoms. The third-order valence-corrected chi connectivity index (χ3v) is 6.22. The van der Waals surface area contributed by atoms with E-state index in [1.165, 1.54) is 11.6 Å². The Morgan fingerprint density at radius 3 is 2.47 bits per heavy atom. The maximum Gasteiger partial charge on any atom is 0.271 e. The number of carbonyl (C=O) groups is 2. The standard InChI is InChI=1S/C28H33N7O3/c1-4-23-28(38-22-8-6-7-21(17-22)30-24(36)5-2)33-27(25(32-23)26(29)37)31-20-11-9-19(10-12-20)18-35-15-13-34(3)14-16-35/h5-12,17H,2,4,13-16,18H2,1,3H3,(H2,29,37)(H,30,36)(H,31,33). The SMILES string of the molecule is C=CC(=O)Nc1cccc(Oc2nc(Nc3ccc(CN4CCN(C)CC4)cc3)c(C(N)=O)nc2CC)c1. The largest absolute Gasteiger partial charge is 0.437 e. The molecule has 0 radical (unpaired) electrons. The highest BCUT2D eigenvalue weighted by atomic mass is 16.5. The van der Waals surface area contributed by atoms with Crippen molar-refractivity contribution < 1.29 is 14.3 Å². The Bertz CT molecular complexity index is 1300. The van der Waals surface area contributed by atoms with Crippen molar-refractivity contribution in [3.05, 3.63) is 78.1 Å². The smallest absolute Gasteiger partial charge is 0.271 e. The number of amides is 2. The molecule has 0 aliphatic carbocycles. The van der Waals surface area contributed by atoms with Crippen LogP contribution in [0.1, 0.15) is 28.7 Å². The zero-order chi connectivity index (χ0) is 27.1. The van der Waals surface area contributed by atoms with Crippen molar-refractivity contribution in [1.29, 1.82) is 0 Å². The number of carbonyl (C=O) groups excluding carboxylic acids is 2. The summed E-state index contributed by atoms with van der Waals surface area (Å²) in [6, 6.07) is 14.9. The summed E-state index contributed by atoms with van der Waals surface area (Å²) < 4.78 is 6.03. The van der Waals surface area contributed by atoms with E-state index in [9.17, 15) is 9.59 Å². The molecule has 0 saturated carbocycles. The number of hydrogen-bond acceptors (Lipinski definition) is 8. The Morgan fingerprint density at radius 2 is 1.82 bits per heavy atom. The van der Waals surface area contributed by atoms with Crippen LogP contribution in [0, 0.1) is 0 Å². The molecule has 1 saturated heterocycles. The normalized spacial score (nSPS) is 14.1. The number of primary amides is 1. The topological polar surface area (TPSA) is 126 Å². The molecule has 1 fully saturated rings. The summed E-state index contributed by atoms with van der Waals surface area (Å²) in [6.45, 7) is 10.5. The average molecular weight is 516 g/mol. The first-order valence-corrected chi connectivity index (χ1v) is 12.5. The molecule has 1 aromatic heterocycles. The van der Waals surface area contributed by atoms with Crippen LogP contribution in [0.4, 0.5) is 17.2 Å². The number of nitrogens with two attached hydrogens (primary N) is 1. The van der Waals surface area contributed by atoms with Crippen LogP contribution in [0.15, 0.2) is 61.2 Å². The van der Waals surface area contributed by atoms with Crippen LogP contribution in [-0.4, -0.2) is 64.8 Å². The number of aromatic nitrogens is 2. The summed E-state index contributed by atoms with van der Waals surface area (Å²) >= 11 is 0. The fourth-order valence-electron chi connectivity index (χ4n) is 4.06. The number of anilines is 3. The van der Waals surface area contributed by atoms with Crippen LogP contribution in [0.3, 0.4) is 0 Å². The number of rotatable bonds is 10. The first-order valence-electron chi connectivity index (χ1n) is 12.5. The summed E-state index contributed by atoms with van der Waals surface area (Å²) in [5.41, 5.74) is 8.63. The molecule has 0 unspecified atom stereocenters. The lowest BCUT2D eigenvalue weighted by molar-refractivity contribution is -0.111. The van der Waals surface area contributed by atoms with Crippen LogP contribution >= 0.6 is 0 Å². The second kappa shape index (κ2) is 12.3. The maximum absolute atomic E-state index is 12.2.